The lowest BCUT2D eigenvalue weighted by atomic mass is 9.89. The smallest absolute Gasteiger partial charge is 0.237 e. The normalized spacial score (nSPS) is 16.3. The van der Waals surface area contributed by atoms with Crippen molar-refractivity contribution < 1.29 is 9.59 Å². The van der Waals surface area contributed by atoms with Crippen LogP contribution in [0, 0.1) is 5.41 Å². The van der Waals surface area contributed by atoms with E-state index in [1.807, 2.05) is 36.9 Å². The molecule has 5 heteroatoms. The Morgan fingerprint density at radius 2 is 1.73 bits per heavy atom. The Labute approximate surface area is 157 Å². The van der Waals surface area contributed by atoms with Crippen LogP contribution in [0.2, 0.25) is 0 Å². The van der Waals surface area contributed by atoms with Gasteiger partial charge in [-0.2, -0.15) is 0 Å². The zero-order valence-corrected chi connectivity index (χ0v) is 16.4. The third-order valence-electron chi connectivity index (χ3n) is 4.66. The maximum atomic E-state index is 12.8. The SMILES string of the molecule is CC(C)NC(=O)C(C)(C)C(=O)N1CCN(C/C=C/c2ccccc2)CC1. The molecule has 0 bridgehead atoms. The molecule has 1 aliphatic rings. The van der Waals surface area contributed by atoms with Gasteiger partial charge in [-0.1, -0.05) is 42.5 Å². The number of hydrogen-bond donors (Lipinski definition) is 1. The van der Waals surface area contributed by atoms with Gasteiger partial charge in [0, 0.05) is 38.8 Å². The van der Waals surface area contributed by atoms with Crippen molar-refractivity contribution in [2.45, 2.75) is 33.7 Å². The number of hydrogen-bond acceptors (Lipinski definition) is 3. The minimum Gasteiger partial charge on any atom is -0.353 e. The Kier molecular flexibility index (Phi) is 6.98. The lowest BCUT2D eigenvalue weighted by Crippen LogP contribution is -2.56. The summed E-state index contributed by atoms with van der Waals surface area (Å²) in [5, 5.41) is 2.85. The third kappa shape index (κ3) is 5.43. The summed E-state index contributed by atoms with van der Waals surface area (Å²) >= 11 is 0. The van der Waals surface area contributed by atoms with Crippen LogP contribution in [0.1, 0.15) is 33.3 Å². The minimum absolute atomic E-state index is 0.0304. The summed E-state index contributed by atoms with van der Waals surface area (Å²) in [6.07, 6.45) is 4.28. The molecule has 0 aromatic heterocycles. The van der Waals surface area contributed by atoms with E-state index in [4.69, 9.17) is 0 Å². The molecule has 1 aliphatic heterocycles. The maximum Gasteiger partial charge on any atom is 0.237 e. The standard InChI is InChI=1S/C21H31N3O2/c1-17(2)22-19(25)21(3,4)20(26)24-15-13-23(14-16-24)12-8-11-18-9-6-5-7-10-18/h5-11,17H,12-16H2,1-4H3,(H,22,25)/b11-8+. The summed E-state index contributed by atoms with van der Waals surface area (Å²) < 4.78 is 0. The second-order valence-corrected chi connectivity index (χ2v) is 7.66. The van der Waals surface area contributed by atoms with E-state index in [2.05, 4.69) is 34.5 Å². The Morgan fingerprint density at radius 3 is 2.31 bits per heavy atom. The molecule has 0 spiro atoms. The van der Waals surface area contributed by atoms with E-state index >= 15 is 0 Å². The number of carbonyl (C=O) groups excluding carboxylic acids is 2. The first-order valence-corrected chi connectivity index (χ1v) is 9.35. The monoisotopic (exact) mass is 357 g/mol. The topological polar surface area (TPSA) is 52.7 Å². The first kappa shape index (κ1) is 20.2. The van der Waals surface area contributed by atoms with Crippen molar-refractivity contribution in [3.05, 3.63) is 42.0 Å². The molecule has 0 radical (unpaired) electrons. The molecule has 2 rings (SSSR count). The van der Waals surface area contributed by atoms with Gasteiger partial charge in [0.15, 0.2) is 0 Å². The third-order valence-corrected chi connectivity index (χ3v) is 4.66. The average molecular weight is 357 g/mol. The van der Waals surface area contributed by atoms with Crippen molar-refractivity contribution >= 4 is 17.9 Å². The van der Waals surface area contributed by atoms with Crippen LogP contribution in [-0.4, -0.2) is 60.4 Å². The summed E-state index contributed by atoms with van der Waals surface area (Å²) in [6.45, 7) is 11.1. The lowest BCUT2D eigenvalue weighted by molar-refractivity contribution is -0.150. The van der Waals surface area contributed by atoms with E-state index in [1.165, 1.54) is 5.56 Å². The highest BCUT2D eigenvalue weighted by Crippen LogP contribution is 2.21. The lowest BCUT2D eigenvalue weighted by Gasteiger charge is -2.38. The number of benzene rings is 1. The van der Waals surface area contributed by atoms with E-state index in [-0.39, 0.29) is 17.9 Å². The number of rotatable bonds is 6. The van der Waals surface area contributed by atoms with Gasteiger partial charge in [0.25, 0.3) is 0 Å². The number of nitrogens with zero attached hydrogens (tertiary/aromatic N) is 2. The first-order chi connectivity index (χ1) is 12.3. The molecule has 2 amide bonds. The Morgan fingerprint density at radius 1 is 1.12 bits per heavy atom. The highest BCUT2D eigenvalue weighted by atomic mass is 16.2. The van der Waals surface area contributed by atoms with Gasteiger partial charge in [-0.3, -0.25) is 14.5 Å². The Balaban J connectivity index is 1.82. The fourth-order valence-corrected chi connectivity index (χ4v) is 2.97. The van der Waals surface area contributed by atoms with Crippen LogP contribution in [0.15, 0.2) is 36.4 Å². The van der Waals surface area contributed by atoms with Crippen LogP contribution < -0.4 is 5.32 Å². The molecule has 1 aromatic rings. The van der Waals surface area contributed by atoms with Crippen molar-refractivity contribution in [1.29, 1.82) is 0 Å². The zero-order chi connectivity index (χ0) is 19.2. The minimum atomic E-state index is -1.03. The molecule has 0 atom stereocenters. The quantitative estimate of drug-likeness (QED) is 0.796. The van der Waals surface area contributed by atoms with E-state index in [1.54, 1.807) is 13.8 Å². The van der Waals surface area contributed by atoms with Crippen molar-refractivity contribution in [1.82, 2.24) is 15.1 Å². The molecule has 0 aliphatic carbocycles. The van der Waals surface area contributed by atoms with Crippen molar-refractivity contribution in [2.75, 3.05) is 32.7 Å². The first-order valence-electron chi connectivity index (χ1n) is 9.35. The Bertz CT molecular complexity index is 630. The summed E-state index contributed by atoms with van der Waals surface area (Å²) in [5.74, 6) is -0.291. The van der Waals surface area contributed by atoms with E-state index in [9.17, 15) is 9.59 Å². The molecular formula is C21H31N3O2. The molecule has 5 nitrogen and oxygen atoms in total. The summed E-state index contributed by atoms with van der Waals surface area (Å²) in [7, 11) is 0. The molecule has 1 heterocycles. The summed E-state index contributed by atoms with van der Waals surface area (Å²) in [5.41, 5.74) is 0.166. The highest BCUT2D eigenvalue weighted by Gasteiger charge is 2.40. The molecule has 0 unspecified atom stereocenters. The Hall–Kier alpha value is -2.14. The van der Waals surface area contributed by atoms with Gasteiger partial charge in [-0.05, 0) is 33.3 Å². The molecular weight excluding hydrogens is 326 g/mol. The van der Waals surface area contributed by atoms with Gasteiger partial charge in [-0.15, -0.1) is 0 Å². The molecule has 1 N–H and O–H groups in total. The predicted molar refractivity (Wildman–Crippen MR) is 106 cm³/mol. The van der Waals surface area contributed by atoms with Crippen LogP contribution in [-0.2, 0) is 9.59 Å². The number of nitrogens with one attached hydrogen (secondary N) is 1. The van der Waals surface area contributed by atoms with Crippen LogP contribution in [0.4, 0.5) is 0 Å². The second kappa shape index (κ2) is 8.99. The zero-order valence-electron chi connectivity index (χ0n) is 16.4. The van der Waals surface area contributed by atoms with Crippen molar-refractivity contribution in [3.8, 4) is 0 Å². The fraction of sp³-hybridized carbons (Fsp3) is 0.524. The molecule has 26 heavy (non-hydrogen) atoms. The molecule has 1 saturated heterocycles. The number of carbonyl (C=O) groups is 2. The van der Waals surface area contributed by atoms with Crippen LogP contribution in [0.25, 0.3) is 6.08 Å². The van der Waals surface area contributed by atoms with Crippen molar-refractivity contribution in [3.63, 3.8) is 0 Å². The van der Waals surface area contributed by atoms with Crippen LogP contribution >= 0.6 is 0 Å². The van der Waals surface area contributed by atoms with E-state index in [0.717, 1.165) is 19.6 Å². The number of piperazine rings is 1. The highest BCUT2D eigenvalue weighted by molar-refractivity contribution is 6.04. The van der Waals surface area contributed by atoms with Crippen LogP contribution in [0.3, 0.4) is 0 Å². The molecule has 142 valence electrons. The predicted octanol–water partition coefficient (Wildman–Crippen LogP) is 2.39. The van der Waals surface area contributed by atoms with E-state index in [0.29, 0.717) is 13.1 Å². The molecule has 0 saturated carbocycles. The average Bonchev–Trinajstić information content (AvgIpc) is 2.62. The van der Waals surface area contributed by atoms with Gasteiger partial charge in [0.1, 0.15) is 5.41 Å². The van der Waals surface area contributed by atoms with Crippen molar-refractivity contribution in [2.24, 2.45) is 5.41 Å². The summed E-state index contributed by atoms with van der Waals surface area (Å²) in [6, 6.07) is 10.3. The molecule has 1 aromatic carbocycles. The van der Waals surface area contributed by atoms with Gasteiger partial charge in [0.2, 0.25) is 11.8 Å². The van der Waals surface area contributed by atoms with Gasteiger partial charge in [-0.25, -0.2) is 0 Å². The summed E-state index contributed by atoms with van der Waals surface area (Å²) in [4.78, 5) is 29.2. The van der Waals surface area contributed by atoms with Gasteiger partial charge >= 0.3 is 0 Å². The van der Waals surface area contributed by atoms with Gasteiger partial charge < -0.3 is 10.2 Å². The van der Waals surface area contributed by atoms with Gasteiger partial charge in [0.05, 0.1) is 0 Å². The second-order valence-electron chi connectivity index (χ2n) is 7.66. The van der Waals surface area contributed by atoms with E-state index < -0.39 is 5.41 Å². The molecule has 1 fully saturated rings. The maximum absolute atomic E-state index is 12.8. The largest absolute Gasteiger partial charge is 0.353 e. The van der Waals surface area contributed by atoms with Crippen LogP contribution in [0.5, 0.6) is 0 Å². The number of amides is 2. The fourth-order valence-electron chi connectivity index (χ4n) is 2.97.